The van der Waals surface area contributed by atoms with Crippen LogP contribution >= 0.6 is 11.6 Å². The van der Waals surface area contributed by atoms with E-state index in [-0.39, 0.29) is 17.4 Å². The van der Waals surface area contributed by atoms with Gasteiger partial charge in [-0.25, -0.2) is 0 Å². The third-order valence-corrected chi connectivity index (χ3v) is 3.86. The zero-order valence-corrected chi connectivity index (χ0v) is 11.9. The quantitative estimate of drug-likeness (QED) is 0.651. The van der Waals surface area contributed by atoms with Gasteiger partial charge in [-0.2, -0.15) is 0 Å². The van der Waals surface area contributed by atoms with Crippen molar-refractivity contribution in [2.45, 2.75) is 65.3 Å². The summed E-state index contributed by atoms with van der Waals surface area (Å²) in [6.45, 7) is 8.28. The van der Waals surface area contributed by atoms with Crippen molar-refractivity contribution < 1.29 is 4.79 Å². The molecule has 2 unspecified atom stereocenters. The number of carbonyl (C=O) groups is 1. The summed E-state index contributed by atoms with van der Waals surface area (Å²) in [4.78, 5) is 12.0. The highest BCUT2D eigenvalue weighted by molar-refractivity contribution is 6.18. The summed E-state index contributed by atoms with van der Waals surface area (Å²) in [7, 11) is 0. The second-order valence-corrected chi connectivity index (χ2v) is 5.05. The van der Waals surface area contributed by atoms with Crippen molar-refractivity contribution in [2.75, 3.05) is 5.88 Å². The maximum Gasteiger partial charge on any atom is 0.223 e. The van der Waals surface area contributed by atoms with Crippen molar-refractivity contribution in [3.63, 3.8) is 0 Å². The molecule has 1 amide bonds. The lowest BCUT2D eigenvalue weighted by molar-refractivity contribution is -0.127. The van der Waals surface area contributed by atoms with Crippen LogP contribution in [0.15, 0.2) is 0 Å². The van der Waals surface area contributed by atoms with E-state index in [9.17, 15) is 4.79 Å². The summed E-state index contributed by atoms with van der Waals surface area (Å²) in [6.07, 6.45) is 5.03. The van der Waals surface area contributed by atoms with Crippen LogP contribution in [-0.2, 0) is 4.79 Å². The first-order valence-corrected chi connectivity index (χ1v) is 6.94. The summed E-state index contributed by atoms with van der Waals surface area (Å²) in [5.74, 6) is 0.786. The molecule has 0 heterocycles. The molecule has 0 aliphatic carbocycles. The van der Waals surface area contributed by atoms with Crippen molar-refractivity contribution in [1.29, 1.82) is 0 Å². The van der Waals surface area contributed by atoms with Gasteiger partial charge in [-0.3, -0.25) is 4.79 Å². The van der Waals surface area contributed by atoms with Gasteiger partial charge in [-0.15, -0.1) is 11.6 Å². The van der Waals surface area contributed by atoms with Crippen LogP contribution in [-0.4, -0.2) is 17.3 Å². The van der Waals surface area contributed by atoms with E-state index < -0.39 is 0 Å². The molecule has 16 heavy (non-hydrogen) atoms. The summed E-state index contributed by atoms with van der Waals surface area (Å²) in [5.41, 5.74) is -0.252. The number of alkyl halides is 1. The Morgan fingerprint density at radius 3 is 2.38 bits per heavy atom. The first kappa shape index (κ1) is 15.8. The monoisotopic (exact) mass is 247 g/mol. The van der Waals surface area contributed by atoms with Gasteiger partial charge in [0.05, 0.1) is 5.54 Å². The fourth-order valence-electron chi connectivity index (χ4n) is 1.59. The van der Waals surface area contributed by atoms with E-state index in [1.54, 1.807) is 0 Å². The predicted octanol–water partition coefficient (Wildman–Crippen LogP) is 3.73. The Bertz CT molecular complexity index is 202. The largest absolute Gasteiger partial charge is 0.350 e. The number of halogens is 1. The van der Waals surface area contributed by atoms with Crippen LogP contribution in [0, 0.1) is 5.92 Å². The van der Waals surface area contributed by atoms with Crippen molar-refractivity contribution in [2.24, 2.45) is 5.92 Å². The van der Waals surface area contributed by atoms with Gasteiger partial charge in [-0.1, -0.05) is 33.6 Å². The van der Waals surface area contributed by atoms with E-state index in [0.29, 0.717) is 5.88 Å². The molecule has 0 saturated heterocycles. The molecular weight excluding hydrogens is 222 g/mol. The van der Waals surface area contributed by atoms with Crippen LogP contribution in [0.5, 0.6) is 0 Å². The molecule has 0 bridgehead atoms. The molecule has 0 aliphatic rings. The smallest absolute Gasteiger partial charge is 0.223 e. The molecular formula is C13H26ClNO. The molecule has 1 N–H and O–H groups in total. The summed E-state index contributed by atoms with van der Waals surface area (Å²) >= 11 is 5.89. The first-order valence-electron chi connectivity index (χ1n) is 6.40. The standard InChI is InChI=1S/C13H26ClNO/c1-5-8-9-11(6-2)12(16)15-13(4,7-3)10-14/h11H,5-10H2,1-4H3,(H,15,16). The van der Waals surface area contributed by atoms with Gasteiger partial charge in [0.2, 0.25) is 5.91 Å². The van der Waals surface area contributed by atoms with Gasteiger partial charge in [0, 0.05) is 11.8 Å². The molecule has 3 heteroatoms. The molecule has 0 aliphatic heterocycles. The maximum absolute atomic E-state index is 12.0. The zero-order chi connectivity index (χ0) is 12.6. The summed E-state index contributed by atoms with van der Waals surface area (Å²) in [6, 6.07) is 0. The lowest BCUT2D eigenvalue weighted by atomic mass is 9.95. The second kappa shape index (κ2) is 7.94. The summed E-state index contributed by atoms with van der Waals surface area (Å²) < 4.78 is 0. The van der Waals surface area contributed by atoms with Crippen LogP contribution in [0.2, 0.25) is 0 Å². The Balaban J connectivity index is 4.29. The van der Waals surface area contributed by atoms with Gasteiger partial charge >= 0.3 is 0 Å². The number of nitrogens with one attached hydrogen (secondary N) is 1. The lowest BCUT2D eigenvalue weighted by Crippen LogP contribution is -2.49. The Labute approximate surface area is 105 Å². The van der Waals surface area contributed by atoms with E-state index in [1.165, 1.54) is 0 Å². The third kappa shape index (κ3) is 5.20. The number of hydrogen-bond donors (Lipinski definition) is 1. The molecule has 0 radical (unpaired) electrons. The van der Waals surface area contributed by atoms with E-state index in [2.05, 4.69) is 26.1 Å². The number of amides is 1. The number of hydrogen-bond acceptors (Lipinski definition) is 1. The molecule has 0 rings (SSSR count). The molecule has 0 saturated carbocycles. The highest BCUT2D eigenvalue weighted by atomic mass is 35.5. The molecule has 96 valence electrons. The van der Waals surface area contributed by atoms with Crippen LogP contribution in [0.1, 0.15) is 59.8 Å². The van der Waals surface area contributed by atoms with Gasteiger partial charge in [-0.05, 0) is 26.2 Å². The van der Waals surface area contributed by atoms with Crippen LogP contribution in [0.25, 0.3) is 0 Å². The van der Waals surface area contributed by atoms with Crippen molar-refractivity contribution in [1.82, 2.24) is 5.32 Å². The van der Waals surface area contributed by atoms with Crippen LogP contribution in [0.4, 0.5) is 0 Å². The van der Waals surface area contributed by atoms with E-state index >= 15 is 0 Å². The number of unbranched alkanes of at least 4 members (excludes halogenated alkanes) is 1. The minimum Gasteiger partial charge on any atom is -0.350 e. The van der Waals surface area contributed by atoms with Crippen molar-refractivity contribution in [3.05, 3.63) is 0 Å². The topological polar surface area (TPSA) is 29.1 Å². The molecule has 0 aromatic rings. The number of rotatable bonds is 8. The molecule has 2 nitrogen and oxygen atoms in total. The van der Waals surface area contributed by atoms with Gasteiger partial charge in [0.25, 0.3) is 0 Å². The highest BCUT2D eigenvalue weighted by Gasteiger charge is 2.26. The van der Waals surface area contributed by atoms with E-state index in [4.69, 9.17) is 11.6 Å². The average molecular weight is 248 g/mol. The third-order valence-electron chi connectivity index (χ3n) is 3.27. The molecule has 0 aromatic carbocycles. The highest BCUT2D eigenvalue weighted by Crippen LogP contribution is 2.17. The van der Waals surface area contributed by atoms with Gasteiger partial charge in [0.15, 0.2) is 0 Å². The Hall–Kier alpha value is -0.240. The first-order chi connectivity index (χ1) is 7.52. The fourth-order valence-corrected chi connectivity index (χ4v) is 1.84. The molecule has 0 spiro atoms. The summed E-state index contributed by atoms with van der Waals surface area (Å²) in [5, 5.41) is 3.08. The minimum atomic E-state index is -0.252. The zero-order valence-electron chi connectivity index (χ0n) is 11.1. The fraction of sp³-hybridized carbons (Fsp3) is 0.923. The van der Waals surface area contributed by atoms with E-state index in [1.807, 2.05) is 6.92 Å². The van der Waals surface area contributed by atoms with Gasteiger partial charge in [0.1, 0.15) is 0 Å². The average Bonchev–Trinajstić information content (AvgIpc) is 2.29. The normalized spacial score (nSPS) is 16.6. The van der Waals surface area contributed by atoms with Crippen LogP contribution in [0.3, 0.4) is 0 Å². The van der Waals surface area contributed by atoms with E-state index in [0.717, 1.165) is 32.1 Å². The van der Waals surface area contributed by atoms with Crippen molar-refractivity contribution in [3.8, 4) is 0 Å². The predicted molar refractivity (Wildman–Crippen MR) is 70.9 cm³/mol. The molecule has 2 atom stereocenters. The van der Waals surface area contributed by atoms with Gasteiger partial charge < -0.3 is 5.32 Å². The minimum absolute atomic E-state index is 0.147. The maximum atomic E-state index is 12.0. The van der Waals surface area contributed by atoms with Crippen LogP contribution < -0.4 is 5.32 Å². The Kier molecular flexibility index (Phi) is 7.82. The lowest BCUT2D eigenvalue weighted by Gasteiger charge is -2.29. The second-order valence-electron chi connectivity index (χ2n) is 4.78. The Morgan fingerprint density at radius 2 is 2.00 bits per heavy atom. The SMILES string of the molecule is CCCCC(CC)C(=O)NC(C)(CC)CCl. The molecule has 0 aromatic heterocycles. The van der Waals surface area contributed by atoms with Crippen molar-refractivity contribution >= 4 is 17.5 Å². The Morgan fingerprint density at radius 1 is 1.38 bits per heavy atom. The number of carbonyl (C=O) groups excluding carboxylic acids is 1. The molecule has 0 fully saturated rings.